The van der Waals surface area contributed by atoms with Crippen molar-refractivity contribution < 1.29 is 4.39 Å². The number of thioether (sulfide) groups is 1. The Morgan fingerprint density at radius 2 is 2.33 bits per heavy atom. The number of H-pyrrole nitrogens is 1. The molecule has 21 heavy (non-hydrogen) atoms. The van der Waals surface area contributed by atoms with Crippen LogP contribution in [0.1, 0.15) is 12.1 Å². The van der Waals surface area contributed by atoms with E-state index in [1.54, 1.807) is 24.4 Å². The van der Waals surface area contributed by atoms with Crippen LogP contribution in [0.2, 0.25) is 0 Å². The predicted molar refractivity (Wildman–Crippen MR) is 84.6 cm³/mol. The van der Waals surface area contributed by atoms with Crippen LogP contribution in [-0.4, -0.2) is 27.4 Å². The minimum atomic E-state index is -0.906. The molecule has 0 fully saturated rings. The zero-order chi connectivity index (χ0) is 14.8. The maximum absolute atomic E-state index is 13.2. The monoisotopic (exact) mass is 302 g/mol. The summed E-state index contributed by atoms with van der Waals surface area (Å²) in [6, 6.07) is 3.65. The fourth-order valence-electron chi connectivity index (χ4n) is 2.24. The summed E-state index contributed by atoms with van der Waals surface area (Å²) >= 11 is 1.53. The van der Waals surface area contributed by atoms with Crippen molar-refractivity contribution >= 4 is 23.2 Å². The van der Waals surface area contributed by atoms with Crippen molar-refractivity contribution in [1.82, 2.24) is 15.0 Å². The lowest BCUT2D eigenvalue weighted by molar-refractivity contribution is 0.402. The molecule has 0 saturated carbocycles. The first-order valence-electron chi connectivity index (χ1n) is 6.56. The highest BCUT2D eigenvalue weighted by Crippen LogP contribution is 2.32. The Morgan fingerprint density at radius 1 is 1.48 bits per heavy atom. The quantitative estimate of drug-likeness (QED) is 0.852. The maximum Gasteiger partial charge on any atom is 0.166 e. The Bertz CT molecular complexity index is 720. The Hall–Kier alpha value is -2.08. The fraction of sp³-hybridized carbons (Fsp3) is 0.200. The van der Waals surface area contributed by atoms with Gasteiger partial charge >= 0.3 is 0 Å². The van der Waals surface area contributed by atoms with Crippen molar-refractivity contribution in [2.75, 3.05) is 12.0 Å². The molecule has 2 aromatic rings. The number of allylic oxidation sites excluding steroid dienone is 4. The van der Waals surface area contributed by atoms with Gasteiger partial charge in [0.1, 0.15) is 12.0 Å². The van der Waals surface area contributed by atoms with E-state index in [1.165, 1.54) is 11.8 Å². The Balaban J connectivity index is 2.08. The summed E-state index contributed by atoms with van der Waals surface area (Å²) in [6.45, 7) is 0. The van der Waals surface area contributed by atoms with E-state index < -0.39 is 6.17 Å². The molecule has 0 spiro atoms. The van der Waals surface area contributed by atoms with Gasteiger partial charge in [-0.05, 0) is 30.0 Å². The molecule has 4 nitrogen and oxygen atoms in total. The molecule has 0 aliphatic heterocycles. The predicted octanol–water partition coefficient (Wildman–Crippen LogP) is 3.46. The van der Waals surface area contributed by atoms with Crippen LogP contribution in [0.15, 0.2) is 41.7 Å². The molecule has 0 bridgehead atoms. The lowest BCUT2D eigenvalue weighted by Gasteiger charge is -2.10. The van der Waals surface area contributed by atoms with Crippen LogP contribution in [0.3, 0.4) is 0 Å². The van der Waals surface area contributed by atoms with E-state index in [2.05, 4.69) is 15.0 Å². The second kappa shape index (κ2) is 5.73. The van der Waals surface area contributed by atoms with Crippen molar-refractivity contribution in [3.8, 4) is 11.3 Å². The topological polar surface area (TPSA) is 67.6 Å². The molecular weight excluding hydrogens is 287 g/mol. The zero-order valence-electron chi connectivity index (χ0n) is 11.5. The number of alkyl halides is 1. The van der Waals surface area contributed by atoms with Gasteiger partial charge in [0.15, 0.2) is 5.16 Å². The van der Waals surface area contributed by atoms with Gasteiger partial charge in [-0.1, -0.05) is 23.9 Å². The van der Waals surface area contributed by atoms with Crippen LogP contribution in [0.5, 0.6) is 0 Å². The smallest absolute Gasteiger partial charge is 0.166 e. The molecule has 3 N–H and O–H groups in total. The number of nitrogen functional groups attached to an aromatic ring is 1. The minimum absolute atomic E-state index is 0.386. The third-order valence-electron chi connectivity index (χ3n) is 3.27. The molecule has 1 atom stereocenters. The van der Waals surface area contributed by atoms with Gasteiger partial charge in [0.05, 0.1) is 11.4 Å². The minimum Gasteiger partial charge on any atom is -0.384 e. The lowest BCUT2D eigenvalue weighted by Crippen LogP contribution is -1.99. The maximum atomic E-state index is 13.2. The number of aromatic nitrogens is 3. The average molecular weight is 302 g/mol. The van der Waals surface area contributed by atoms with Crippen molar-refractivity contribution in [3.63, 3.8) is 0 Å². The average Bonchev–Trinajstić information content (AvgIpc) is 2.92. The summed E-state index contributed by atoms with van der Waals surface area (Å²) in [4.78, 5) is 11.9. The highest BCUT2D eigenvalue weighted by atomic mass is 32.2. The molecule has 6 heteroatoms. The number of hydrogen-bond acceptors (Lipinski definition) is 4. The Labute approximate surface area is 126 Å². The molecule has 0 radical (unpaired) electrons. The third kappa shape index (κ3) is 2.85. The molecule has 1 aliphatic rings. The number of imidazole rings is 1. The number of halogens is 1. The molecule has 0 saturated heterocycles. The number of rotatable bonds is 3. The summed E-state index contributed by atoms with van der Waals surface area (Å²) < 4.78 is 13.2. The second-order valence-electron chi connectivity index (χ2n) is 4.71. The van der Waals surface area contributed by atoms with Gasteiger partial charge in [-0.2, -0.15) is 0 Å². The van der Waals surface area contributed by atoms with Crippen LogP contribution in [0.25, 0.3) is 16.8 Å². The first kappa shape index (κ1) is 13.9. The van der Waals surface area contributed by atoms with E-state index in [0.29, 0.717) is 12.2 Å². The highest BCUT2D eigenvalue weighted by molar-refractivity contribution is 7.98. The SMILES string of the molecule is CSc1nc(-c2ccnc(N)c2)c(C2=CCC(F)C=C2)[nH]1. The molecular formula is C15H15FN4S. The van der Waals surface area contributed by atoms with Crippen molar-refractivity contribution in [2.24, 2.45) is 0 Å². The van der Waals surface area contributed by atoms with Gasteiger partial charge in [0.2, 0.25) is 0 Å². The van der Waals surface area contributed by atoms with E-state index in [1.807, 2.05) is 18.4 Å². The van der Waals surface area contributed by atoms with Gasteiger partial charge in [-0.25, -0.2) is 14.4 Å². The van der Waals surface area contributed by atoms with Crippen LogP contribution >= 0.6 is 11.8 Å². The molecule has 1 aliphatic carbocycles. The Kier molecular flexibility index (Phi) is 3.79. The standard InChI is InChI=1S/C15H15FN4S/c1-21-15-19-13(9-2-4-11(16)5-3-9)14(20-15)10-6-7-18-12(17)8-10/h2-4,6-8,11H,5H2,1H3,(H2,17,18)(H,19,20). The number of anilines is 1. The first-order valence-corrected chi connectivity index (χ1v) is 7.78. The lowest BCUT2D eigenvalue weighted by atomic mass is 10.00. The number of aromatic amines is 1. The van der Waals surface area contributed by atoms with Crippen LogP contribution in [-0.2, 0) is 0 Å². The molecule has 0 amide bonds. The van der Waals surface area contributed by atoms with Crippen LogP contribution in [0, 0.1) is 0 Å². The first-order chi connectivity index (χ1) is 10.2. The summed E-state index contributed by atoms with van der Waals surface area (Å²) in [5, 5.41) is 0.812. The summed E-state index contributed by atoms with van der Waals surface area (Å²) in [5.74, 6) is 0.448. The molecule has 0 aromatic carbocycles. The zero-order valence-corrected chi connectivity index (χ0v) is 12.3. The third-order valence-corrected chi connectivity index (χ3v) is 3.85. The fourth-order valence-corrected chi connectivity index (χ4v) is 2.63. The van der Waals surface area contributed by atoms with Gasteiger partial charge in [0.25, 0.3) is 0 Å². The molecule has 2 aromatic heterocycles. The van der Waals surface area contributed by atoms with Crippen LogP contribution < -0.4 is 5.73 Å². The van der Waals surface area contributed by atoms with E-state index >= 15 is 0 Å². The molecule has 2 heterocycles. The molecule has 1 unspecified atom stereocenters. The normalized spacial score (nSPS) is 17.8. The van der Waals surface area contributed by atoms with Gasteiger partial charge in [0, 0.05) is 18.2 Å². The number of nitrogens with one attached hydrogen (secondary N) is 1. The summed E-state index contributed by atoms with van der Waals surface area (Å²) in [6.07, 6.45) is 8.34. The van der Waals surface area contributed by atoms with Crippen molar-refractivity contribution in [1.29, 1.82) is 0 Å². The Morgan fingerprint density at radius 3 is 3.00 bits per heavy atom. The van der Waals surface area contributed by atoms with Gasteiger partial charge < -0.3 is 10.7 Å². The van der Waals surface area contributed by atoms with E-state index in [9.17, 15) is 4.39 Å². The van der Waals surface area contributed by atoms with E-state index in [0.717, 1.165) is 27.7 Å². The van der Waals surface area contributed by atoms with Crippen LogP contribution in [0.4, 0.5) is 10.2 Å². The summed E-state index contributed by atoms with van der Waals surface area (Å²) in [7, 11) is 0. The van der Waals surface area contributed by atoms with Crippen molar-refractivity contribution in [3.05, 3.63) is 42.3 Å². The van der Waals surface area contributed by atoms with E-state index in [4.69, 9.17) is 5.73 Å². The van der Waals surface area contributed by atoms with Gasteiger partial charge in [-0.15, -0.1) is 0 Å². The largest absolute Gasteiger partial charge is 0.384 e. The molecule has 3 rings (SSSR count). The molecule has 108 valence electrons. The second-order valence-corrected chi connectivity index (χ2v) is 5.50. The number of nitrogens with zero attached hydrogens (tertiary/aromatic N) is 2. The number of pyridine rings is 1. The van der Waals surface area contributed by atoms with Crippen molar-refractivity contribution in [2.45, 2.75) is 17.7 Å². The van der Waals surface area contributed by atoms with E-state index in [-0.39, 0.29) is 0 Å². The van der Waals surface area contributed by atoms with Gasteiger partial charge in [-0.3, -0.25) is 0 Å². The summed E-state index contributed by atoms with van der Waals surface area (Å²) in [5.41, 5.74) is 9.28. The number of hydrogen-bond donors (Lipinski definition) is 2. The highest BCUT2D eigenvalue weighted by Gasteiger charge is 2.17. The number of nitrogens with two attached hydrogens (primary N) is 1.